The maximum Gasteiger partial charge on any atom is 0.316 e. The summed E-state index contributed by atoms with van der Waals surface area (Å²) in [6, 6.07) is 13.3. The number of hydrogen-bond acceptors (Lipinski definition) is 4. The first kappa shape index (κ1) is 18.1. The minimum absolute atomic E-state index is 0.0606. The van der Waals surface area contributed by atoms with E-state index in [1.165, 1.54) is 0 Å². The molecule has 2 atom stereocenters. The molecule has 1 aliphatic heterocycles. The van der Waals surface area contributed by atoms with Crippen LogP contribution in [0.4, 0.5) is 0 Å². The van der Waals surface area contributed by atoms with Crippen LogP contribution in [0.25, 0.3) is 0 Å². The average molecular weight is 352 g/mol. The minimum atomic E-state index is -0.590. The van der Waals surface area contributed by atoms with E-state index >= 15 is 0 Å². The molecule has 2 aromatic carbocycles. The van der Waals surface area contributed by atoms with Crippen molar-refractivity contribution >= 4 is 5.97 Å². The number of fused-ring (bicyclic) bond motifs is 1. The maximum absolute atomic E-state index is 12.4. The Kier molecular flexibility index (Phi) is 4.77. The molecule has 136 valence electrons. The number of ether oxygens (including phenoxy) is 3. The van der Waals surface area contributed by atoms with Crippen LogP contribution in [0.3, 0.4) is 0 Å². The summed E-state index contributed by atoms with van der Waals surface area (Å²) >= 11 is 0. The van der Waals surface area contributed by atoms with Gasteiger partial charge in [0.2, 0.25) is 0 Å². The lowest BCUT2D eigenvalue weighted by atomic mass is 9.90. The highest BCUT2D eigenvalue weighted by Gasteiger charge is 2.37. The first-order valence-electron chi connectivity index (χ1n) is 8.64. The molecule has 3 rings (SSSR count). The van der Waals surface area contributed by atoms with Crippen molar-refractivity contribution < 1.29 is 19.0 Å². The van der Waals surface area contributed by atoms with Crippen LogP contribution in [0.2, 0.25) is 0 Å². The number of methoxy groups -OCH3 is 1. The predicted octanol–water partition coefficient (Wildman–Crippen LogP) is 5.05. The first-order valence-corrected chi connectivity index (χ1v) is 8.64. The van der Waals surface area contributed by atoms with E-state index in [4.69, 9.17) is 14.2 Å². The van der Waals surface area contributed by atoms with E-state index in [2.05, 4.69) is 6.58 Å². The van der Waals surface area contributed by atoms with Crippen LogP contribution in [-0.4, -0.2) is 13.1 Å². The van der Waals surface area contributed by atoms with Gasteiger partial charge in [-0.1, -0.05) is 36.4 Å². The van der Waals surface area contributed by atoms with Gasteiger partial charge in [0.25, 0.3) is 0 Å². The molecule has 0 N–H and O–H groups in total. The number of para-hydroxylation sites is 2. The van der Waals surface area contributed by atoms with Crippen molar-refractivity contribution in [2.24, 2.45) is 5.41 Å². The van der Waals surface area contributed by atoms with E-state index in [1.54, 1.807) is 13.2 Å². The minimum Gasteiger partial charge on any atom is -0.493 e. The van der Waals surface area contributed by atoms with Gasteiger partial charge in [-0.15, -0.1) is 6.58 Å². The van der Waals surface area contributed by atoms with Crippen molar-refractivity contribution in [3.05, 3.63) is 66.2 Å². The Morgan fingerprint density at radius 1 is 1.08 bits per heavy atom. The van der Waals surface area contributed by atoms with Crippen LogP contribution in [0.1, 0.15) is 43.9 Å². The first-order chi connectivity index (χ1) is 12.4. The molecule has 0 aromatic heterocycles. The van der Waals surface area contributed by atoms with E-state index in [0.29, 0.717) is 17.2 Å². The van der Waals surface area contributed by atoms with Gasteiger partial charge in [-0.05, 0) is 32.9 Å². The topological polar surface area (TPSA) is 44.8 Å². The molecule has 26 heavy (non-hydrogen) atoms. The third-order valence-corrected chi connectivity index (χ3v) is 4.45. The van der Waals surface area contributed by atoms with E-state index in [0.717, 1.165) is 11.1 Å². The predicted molar refractivity (Wildman–Crippen MR) is 101 cm³/mol. The Bertz CT molecular complexity index is 832. The molecule has 0 aliphatic carbocycles. The zero-order chi connectivity index (χ0) is 18.9. The molecule has 0 unspecified atom stereocenters. The van der Waals surface area contributed by atoms with Gasteiger partial charge in [-0.2, -0.15) is 0 Å². The van der Waals surface area contributed by atoms with Crippen LogP contribution in [0.15, 0.2) is 55.1 Å². The van der Waals surface area contributed by atoms with Gasteiger partial charge < -0.3 is 14.2 Å². The fourth-order valence-electron chi connectivity index (χ4n) is 3.01. The van der Waals surface area contributed by atoms with E-state index in [9.17, 15) is 4.79 Å². The summed E-state index contributed by atoms with van der Waals surface area (Å²) in [6.45, 7) is 9.47. The SMILES string of the molecule is C=C[C@@H]1c2cccc(OC)c2O[C@@H]1c1ccccc1OC(=O)C(C)(C)C. The zero-order valence-corrected chi connectivity index (χ0v) is 15.6. The Balaban J connectivity index is 2.00. The molecule has 0 bridgehead atoms. The molecule has 0 saturated heterocycles. The molecule has 0 saturated carbocycles. The van der Waals surface area contributed by atoms with Crippen molar-refractivity contribution in [1.29, 1.82) is 0 Å². The van der Waals surface area contributed by atoms with Crippen LogP contribution >= 0.6 is 0 Å². The molecule has 1 aliphatic rings. The van der Waals surface area contributed by atoms with Crippen molar-refractivity contribution in [3.8, 4) is 17.2 Å². The Hall–Kier alpha value is -2.75. The van der Waals surface area contributed by atoms with E-state index < -0.39 is 5.41 Å². The summed E-state index contributed by atoms with van der Waals surface area (Å²) in [5, 5.41) is 0. The second-order valence-electron chi connectivity index (χ2n) is 7.36. The smallest absolute Gasteiger partial charge is 0.316 e. The highest BCUT2D eigenvalue weighted by atomic mass is 16.5. The summed E-state index contributed by atoms with van der Waals surface area (Å²) in [7, 11) is 1.62. The molecule has 4 nitrogen and oxygen atoms in total. The van der Waals surface area contributed by atoms with Gasteiger partial charge in [-0.25, -0.2) is 0 Å². The number of esters is 1. The van der Waals surface area contributed by atoms with Gasteiger partial charge in [0.1, 0.15) is 11.9 Å². The second-order valence-corrected chi connectivity index (χ2v) is 7.36. The zero-order valence-electron chi connectivity index (χ0n) is 15.6. The molecule has 1 heterocycles. The summed E-state index contributed by atoms with van der Waals surface area (Å²) in [5.41, 5.74) is 1.24. The third kappa shape index (κ3) is 3.19. The van der Waals surface area contributed by atoms with Crippen LogP contribution in [-0.2, 0) is 4.79 Å². The normalized spacial score (nSPS) is 18.6. The van der Waals surface area contributed by atoms with E-state index in [-0.39, 0.29) is 18.0 Å². The molecule has 0 amide bonds. The fourth-order valence-corrected chi connectivity index (χ4v) is 3.01. The number of benzene rings is 2. The van der Waals surface area contributed by atoms with Crippen LogP contribution in [0, 0.1) is 5.41 Å². The van der Waals surface area contributed by atoms with Crippen molar-refractivity contribution in [1.82, 2.24) is 0 Å². The largest absolute Gasteiger partial charge is 0.493 e. The summed E-state index contributed by atoms with van der Waals surface area (Å²) in [4.78, 5) is 12.4. The van der Waals surface area contributed by atoms with Crippen LogP contribution < -0.4 is 14.2 Å². The molecular weight excluding hydrogens is 328 g/mol. The Morgan fingerprint density at radius 2 is 1.73 bits per heavy atom. The second kappa shape index (κ2) is 6.87. The summed E-state index contributed by atoms with van der Waals surface area (Å²) in [5.74, 6) is 1.56. The quantitative estimate of drug-likeness (QED) is 0.439. The van der Waals surface area contributed by atoms with E-state index in [1.807, 2.05) is 63.2 Å². The van der Waals surface area contributed by atoms with Gasteiger partial charge in [0, 0.05) is 17.0 Å². The molecule has 0 fully saturated rings. The number of hydrogen-bond donors (Lipinski definition) is 0. The number of carbonyl (C=O) groups is 1. The lowest BCUT2D eigenvalue weighted by Crippen LogP contribution is -2.26. The average Bonchev–Trinajstić information content (AvgIpc) is 2.99. The highest BCUT2D eigenvalue weighted by molar-refractivity contribution is 5.78. The Morgan fingerprint density at radius 3 is 2.38 bits per heavy atom. The lowest BCUT2D eigenvalue weighted by Gasteiger charge is -2.22. The lowest BCUT2D eigenvalue weighted by molar-refractivity contribution is -0.143. The van der Waals surface area contributed by atoms with Gasteiger partial charge >= 0.3 is 5.97 Å². The van der Waals surface area contributed by atoms with Gasteiger partial charge in [-0.3, -0.25) is 4.79 Å². The monoisotopic (exact) mass is 352 g/mol. The fraction of sp³-hybridized carbons (Fsp3) is 0.318. The van der Waals surface area contributed by atoms with Gasteiger partial charge in [0.15, 0.2) is 11.5 Å². The molecule has 0 spiro atoms. The van der Waals surface area contributed by atoms with Crippen molar-refractivity contribution in [2.45, 2.75) is 32.8 Å². The third-order valence-electron chi connectivity index (χ3n) is 4.45. The summed E-state index contributed by atoms with van der Waals surface area (Å²) < 4.78 is 17.4. The number of carbonyl (C=O) groups excluding carboxylic acids is 1. The van der Waals surface area contributed by atoms with Crippen molar-refractivity contribution in [2.75, 3.05) is 7.11 Å². The molecule has 2 aromatic rings. The molecular formula is C22H24O4. The Labute approximate surface area is 154 Å². The molecule has 4 heteroatoms. The number of rotatable bonds is 4. The highest BCUT2D eigenvalue weighted by Crippen LogP contribution is 2.52. The maximum atomic E-state index is 12.4. The standard InChI is InChI=1S/C22H24O4/c1-6-14-15-11-9-13-18(24-5)20(15)26-19(14)16-10-7-8-12-17(16)25-21(23)22(2,3)4/h6-14,19H,1H2,2-5H3/t14-,19+/m1/s1. The van der Waals surface area contributed by atoms with Crippen molar-refractivity contribution in [3.63, 3.8) is 0 Å². The summed E-state index contributed by atoms with van der Waals surface area (Å²) in [6.07, 6.45) is 1.53. The van der Waals surface area contributed by atoms with Gasteiger partial charge in [0.05, 0.1) is 12.5 Å². The van der Waals surface area contributed by atoms with Crippen LogP contribution in [0.5, 0.6) is 17.2 Å². The molecule has 0 radical (unpaired) electrons.